The van der Waals surface area contributed by atoms with Crippen LogP contribution in [0.15, 0.2) is 22.5 Å². The second-order valence-corrected chi connectivity index (χ2v) is 6.80. The van der Waals surface area contributed by atoms with E-state index in [4.69, 9.17) is 4.99 Å². The van der Waals surface area contributed by atoms with Crippen LogP contribution in [-0.4, -0.2) is 44.6 Å². The zero-order valence-electron chi connectivity index (χ0n) is 14.4. The Balaban J connectivity index is 0.00000441. The maximum Gasteiger partial charge on any atom is 0.191 e. The summed E-state index contributed by atoms with van der Waals surface area (Å²) in [5.41, 5.74) is 0. The molecule has 0 fully saturated rings. The van der Waals surface area contributed by atoms with Crippen molar-refractivity contribution in [3.8, 4) is 0 Å². The van der Waals surface area contributed by atoms with Gasteiger partial charge in [-0.15, -0.1) is 35.3 Å². The second kappa shape index (κ2) is 12.1. The van der Waals surface area contributed by atoms with E-state index in [-0.39, 0.29) is 24.0 Å². The summed E-state index contributed by atoms with van der Waals surface area (Å²) in [5.74, 6) is 1.63. The largest absolute Gasteiger partial charge is 0.357 e. The lowest BCUT2D eigenvalue weighted by molar-refractivity contribution is 0.310. The highest BCUT2D eigenvalue weighted by Gasteiger charge is 2.14. The fourth-order valence-electron chi connectivity index (χ4n) is 1.99. The molecule has 1 unspecified atom stereocenters. The van der Waals surface area contributed by atoms with Crippen LogP contribution in [0.5, 0.6) is 0 Å². The number of nitrogens with zero attached hydrogens (tertiary/aromatic N) is 2. The molecule has 0 aliphatic carbocycles. The van der Waals surface area contributed by atoms with Gasteiger partial charge in [0.25, 0.3) is 0 Å². The minimum Gasteiger partial charge on any atom is -0.357 e. The Labute approximate surface area is 156 Å². The first-order chi connectivity index (χ1) is 10.0. The first-order valence-electron chi connectivity index (χ1n) is 7.76. The molecule has 0 radical (unpaired) electrons. The Morgan fingerprint density at radius 3 is 2.55 bits per heavy atom. The molecule has 0 aromatic carbocycles. The van der Waals surface area contributed by atoms with Gasteiger partial charge >= 0.3 is 0 Å². The van der Waals surface area contributed by atoms with E-state index in [0.29, 0.717) is 12.0 Å². The molecule has 2 N–H and O–H groups in total. The summed E-state index contributed by atoms with van der Waals surface area (Å²) in [7, 11) is 4.22. The number of thiophene rings is 1. The van der Waals surface area contributed by atoms with Gasteiger partial charge in [0.2, 0.25) is 0 Å². The monoisotopic (exact) mass is 438 g/mol. The molecule has 0 aliphatic heterocycles. The minimum absolute atomic E-state index is 0. The third-order valence-electron chi connectivity index (χ3n) is 3.28. The maximum atomic E-state index is 4.75. The molecule has 6 heteroatoms. The first-order valence-corrected chi connectivity index (χ1v) is 8.64. The molecule has 22 heavy (non-hydrogen) atoms. The number of likely N-dealkylation sites (N-methyl/N-ethyl adjacent to an activating group) is 1. The molecule has 1 aromatic heterocycles. The fourth-order valence-corrected chi connectivity index (χ4v) is 2.90. The van der Waals surface area contributed by atoms with Gasteiger partial charge in [-0.3, -0.25) is 4.99 Å². The smallest absolute Gasteiger partial charge is 0.191 e. The summed E-state index contributed by atoms with van der Waals surface area (Å²) in [5, 5.41) is 8.86. The van der Waals surface area contributed by atoms with E-state index in [1.807, 2.05) is 0 Å². The minimum atomic E-state index is 0. The Kier molecular flexibility index (Phi) is 11.9. The van der Waals surface area contributed by atoms with Crippen molar-refractivity contribution in [3.63, 3.8) is 0 Å². The van der Waals surface area contributed by atoms with Gasteiger partial charge in [0, 0.05) is 18.0 Å². The van der Waals surface area contributed by atoms with Gasteiger partial charge < -0.3 is 15.5 Å². The molecule has 128 valence electrons. The number of aliphatic imine (C=N–C) groups is 1. The third-order valence-corrected chi connectivity index (χ3v) is 4.25. The normalized spacial score (nSPS) is 13.1. The van der Waals surface area contributed by atoms with Crippen molar-refractivity contribution < 1.29 is 0 Å². The van der Waals surface area contributed by atoms with Crippen LogP contribution in [-0.2, 0) is 0 Å². The van der Waals surface area contributed by atoms with Gasteiger partial charge in [-0.1, -0.05) is 19.9 Å². The van der Waals surface area contributed by atoms with Crippen LogP contribution in [0.25, 0.3) is 0 Å². The second-order valence-electron chi connectivity index (χ2n) is 5.82. The van der Waals surface area contributed by atoms with Crippen LogP contribution in [0.3, 0.4) is 0 Å². The Morgan fingerprint density at radius 2 is 2.05 bits per heavy atom. The Bertz CT molecular complexity index is 404. The van der Waals surface area contributed by atoms with Crippen LogP contribution in [0.1, 0.15) is 38.1 Å². The van der Waals surface area contributed by atoms with E-state index in [2.05, 4.69) is 67.9 Å². The first kappa shape index (κ1) is 21.7. The van der Waals surface area contributed by atoms with Gasteiger partial charge in [-0.2, -0.15) is 0 Å². The number of hydrogen-bond acceptors (Lipinski definition) is 3. The summed E-state index contributed by atoms with van der Waals surface area (Å²) >= 11 is 1.79. The third kappa shape index (κ3) is 8.33. The Hall–Kier alpha value is -0.340. The van der Waals surface area contributed by atoms with Crippen molar-refractivity contribution in [3.05, 3.63) is 22.4 Å². The van der Waals surface area contributed by atoms with Gasteiger partial charge in [-0.05, 0) is 44.8 Å². The van der Waals surface area contributed by atoms with Gasteiger partial charge in [0.1, 0.15) is 0 Å². The molecule has 0 saturated heterocycles. The molecule has 0 saturated carbocycles. The summed E-state index contributed by atoms with van der Waals surface area (Å²) in [4.78, 5) is 8.34. The topological polar surface area (TPSA) is 39.7 Å². The van der Waals surface area contributed by atoms with Crippen LogP contribution in [0.2, 0.25) is 0 Å². The SMILES string of the molecule is CCNC(=NCC(c1cccs1)N(C)C)NCCC(C)C.I. The summed E-state index contributed by atoms with van der Waals surface area (Å²) in [6, 6.07) is 4.63. The number of rotatable bonds is 8. The quantitative estimate of drug-likeness (QED) is 0.370. The van der Waals surface area contributed by atoms with Crippen molar-refractivity contribution in [2.45, 2.75) is 33.2 Å². The van der Waals surface area contributed by atoms with E-state index >= 15 is 0 Å². The number of halogens is 1. The maximum absolute atomic E-state index is 4.75. The highest BCUT2D eigenvalue weighted by atomic mass is 127. The predicted octanol–water partition coefficient (Wildman–Crippen LogP) is 3.57. The van der Waals surface area contributed by atoms with E-state index in [9.17, 15) is 0 Å². The van der Waals surface area contributed by atoms with Crippen LogP contribution < -0.4 is 10.6 Å². The van der Waals surface area contributed by atoms with Crippen molar-refractivity contribution >= 4 is 41.3 Å². The van der Waals surface area contributed by atoms with Gasteiger partial charge in [0.05, 0.1) is 12.6 Å². The average molecular weight is 438 g/mol. The summed E-state index contributed by atoms with van der Waals surface area (Å²) < 4.78 is 0. The predicted molar refractivity (Wildman–Crippen MR) is 110 cm³/mol. The molecule has 0 bridgehead atoms. The lowest BCUT2D eigenvalue weighted by Crippen LogP contribution is -2.38. The molecule has 1 aromatic rings. The molecular formula is C16H31IN4S. The van der Waals surface area contributed by atoms with Crippen molar-refractivity contribution in [1.82, 2.24) is 15.5 Å². The molecule has 1 rings (SSSR count). The fraction of sp³-hybridized carbons (Fsp3) is 0.688. The van der Waals surface area contributed by atoms with Crippen LogP contribution in [0.4, 0.5) is 0 Å². The molecule has 1 heterocycles. The lowest BCUT2D eigenvalue weighted by Gasteiger charge is -2.22. The lowest BCUT2D eigenvalue weighted by atomic mass is 10.1. The molecular weight excluding hydrogens is 407 g/mol. The zero-order chi connectivity index (χ0) is 15.7. The van der Waals surface area contributed by atoms with Crippen molar-refractivity contribution in [2.24, 2.45) is 10.9 Å². The summed E-state index contributed by atoms with van der Waals surface area (Å²) in [6.07, 6.45) is 1.16. The molecule has 0 spiro atoms. The van der Waals surface area contributed by atoms with Crippen molar-refractivity contribution in [2.75, 3.05) is 33.7 Å². The van der Waals surface area contributed by atoms with E-state index in [1.165, 1.54) is 4.88 Å². The highest BCUT2D eigenvalue weighted by Crippen LogP contribution is 2.23. The standard InChI is InChI=1S/C16H30N4S.HI/c1-6-17-16(18-10-9-13(2)3)19-12-14(20(4)5)15-8-7-11-21-15;/h7-8,11,13-14H,6,9-10,12H2,1-5H3,(H2,17,18,19);1H. The van der Waals surface area contributed by atoms with E-state index in [0.717, 1.165) is 32.0 Å². The highest BCUT2D eigenvalue weighted by molar-refractivity contribution is 14.0. The van der Waals surface area contributed by atoms with Gasteiger partial charge in [0.15, 0.2) is 5.96 Å². The Morgan fingerprint density at radius 1 is 1.32 bits per heavy atom. The molecule has 0 amide bonds. The van der Waals surface area contributed by atoms with E-state index < -0.39 is 0 Å². The van der Waals surface area contributed by atoms with E-state index in [1.54, 1.807) is 11.3 Å². The molecule has 4 nitrogen and oxygen atoms in total. The van der Waals surface area contributed by atoms with Crippen LogP contribution in [0, 0.1) is 5.92 Å². The molecule has 1 atom stereocenters. The number of hydrogen-bond donors (Lipinski definition) is 2. The molecule has 0 aliphatic rings. The van der Waals surface area contributed by atoms with Crippen molar-refractivity contribution in [1.29, 1.82) is 0 Å². The number of nitrogens with one attached hydrogen (secondary N) is 2. The summed E-state index contributed by atoms with van der Waals surface area (Å²) in [6.45, 7) is 9.20. The average Bonchev–Trinajstić information content (AvgIpc) is 2.92. The number of guanidine groups is 1. The van der Waals surface area contributed by atoms with Gasteiger partial charge in [-0.25, -0.2) is 0 Å². The van der Waals surface area contributed by atoms with Crippen LogP contribution >= 0.6 is 35.3 Å². The zero-order valence-corrected chi connectivity index (χ0v) is 17.6.